The summed E-state index contributed by atoms with van der Waals surface area (Å²) in [6.07, 6.45) is 5.66. The van der Waals surface area contributed by atoms with Crippen LogP contribution in [-0.4, -0.2) is 33.1 Å². The van der Waals surface area contributed by atoms with Crippen LogP contribution >= 0.6 is 11.3 Å². The van der Waals surface area contributed by atoms with Gasteiger partial charge in [0.1, 0.15) is 11.0 Å². The lowest BCUT2D eigenvalue weighted by Crippen LogP contribution is -2.40. The Morgan fingerprint density at radius 3 is 3.33 bits per heavy atom. The number of nitrogens with zero attached hydrogens (tertiary/aromatic N) is 3. The van der Waals surface area contributed by atoms with E-state index in [4.69, 9.17) is 0 Å². The summed E-state index contributed by atoms with van der Waals surface area (Å²) in [6.45, 7) is 3.13. The number of hydrogen-bond donors (Lipinski definition) is 2. The smallest absolute Gasteiger partial charge is 0.241 e. The standard InChI is InChI=1S/C11H13N5OS/c1-7-15-16-6-8(14-11(16)18-7)5-13-10(17)9-3-2-4-12-9/h2-3,6,9,12H,4-5H2,1H3,(H,13,17)/t9-/m1/s1. The molecule has 0 saturated heterocycles. The van der Waals surface area contributed by atoms with Crippen molar-refractivity contribution in [1.82, 2.24) is 25.2 Å². The van der Waals surface area contributed by atoms with E-state index in [9.17, 15) is 4.79 Å². The Kier molecular flexibility index (Phi) is 2.85. The van der Waals surface area contributed by atoms with Crippen molar-refractivity contribution in [3.63, 3.8) is 0 Å². The molecule has 2 aromatic rings. The molecule has 6 nitrogen and oxygen atoms in total. The molecule has 1 atom stereocenters. The number of hydrogen-bond acceptors (Lipinski definition) is 5. The normalized spacial score (nSPS) is 18.6. The van der Waals surface area contributed by atoms with Gasteiger partial charge in [-0.05, 0) is 6.92 Å². The van der Waals surface area contributed by atoms with E-state index in [2.05, 4.69) is 20.7 Å². The molecule has 0 spiro atoms. The second-order valence-electron chi connectivity index (χ2n) is 4.11. The lowest BCUT2D eigenvalue weighted by Gasteiger charge is -2.08. The van der Waals surface area contributed by atoms with Gasteiger partial charge < -0.3 is 5.32 Å². The number of rotatable bonds is 3. The van der Waals surface area contributed by atoms with Gasteiger partial charge >= 0.3 is 0 Å². The van der Waals surface area contributed by atoms with Crippen molar-refractivity contribution in [2.45, 2.75) is 19.5 Å². The lowest BCUT2D eigenvalue weighted by atomic mass is 10.3. The highest BCUT2D eigenvalue weighted by molar-refractivity contribution is 7.16. The van der Waals surface area contributed by atoms with Crippen LogP contribution in [0.3, 0.4) is 0 Å². The van der Waals surface area contributed by atoms with Crippen LogP contribution in [0, 0.1) is 6.92 Å². The van der Waals surface area contributed by atoms with Crippen LogP contribution < -0.4 is 10.6 Å². The number of aromatic nitrogens is 3. The van der Waals surface area contributed by atoms with Crippen molar-refractivity contribution in [1.29, 1.82) is 0 Å². The summed E-state index contributed by atoms with van der Waals surface area (Å²) in [7, 11) is 0. The molecule has 0 unspecified atom stereocenters. The van der Waals surface area contributed by atoms with Gasteiger partial charge in [0.2, 0.25) is 10.9 Å². The van der Waals surface area contributed by atoms with Gasteiger partial charge in [0.05, 0.1) is 18.4 Å². The van der Waals surface area contributed by atoms with Crippen LogP contribution in [0.25, 0.3) is 4.96 Å². The van der Waals surface area contributed by atoms with E-state index in [1.54, 1.807) is 4.52 Å². The average Bonchev–Trinajstić information content (AvgIpc) is 3.00. The van der Waals surface area contributed by atoms with Crippen molar-refractivity contribution in [3.8, 4) is 0 Å². The molecule has 7 heteroatoms. The number of carbonyl (C=O) groups is 1. The third kappa shape index (κ3) is 2.14. The van der Waals surface area contributed by atoms with Crippen LogP contribution in [0.4, 0.5) is 0 Å². The molecule has 1 amide bonds. The van der Waals surface area contributed by atoms with Crippen LogP contribution in [0.15, 0.2) is 18.3 Å². The van der Waals surface area contributed by atoms with Crippen molar-refractivity contribution < 1.29 is 4.79 Å². The largest absolute Gasteiger partial charge is 0.349 e. The summed E-state index contributed by atoms with van der Waals surface area (Å²) in [5.41, 5.74) is 0.823. The third-order valence-corrected chi connectivity index (χ3v) is 3.54. The third-order valence-electron chi connectivity index (χ3n) is 2.70. The SMILES string of the molecule is Cc1nn2cc(CNC(=O)[C@H]3C=CCN3)nc2s1. The minimum absolute atomic E-state index is 0.0238. The molecule has 1 aliphatic rings. The van der Waals surface area contributed by atoms with Gasteiger partial charge in [0, 0.05) is 6.54 Å². The van der Waals surface area contributed by atoms with Gasteiger partial charge in [0.15, 0.2) is 0 Å². The highest BCUT2D eigenvalue weighted by Gasteiger charge is 2.17. The van der Waals surface area contributed by atoms with E-state index < -0.39 is 0 Å². The molecule has 0 saturated carbocycles. The van der Waals surface area contributed by atoms with Crippen LogP contribution in [-0.2, 0) is 11.3 Å². The molecule has 94 valence electrons. The molecule has 3 rings (SSSR count). The molecule has 0 fully saturated rings. The van der Waals surface area contributed by atoms with E-state index >= 15 is 0 Å². The van der Waals surface area contributed by atoms with Gasteiger partial charge in [-0.2, -0.15) is 5.10 Å². The fourth-order valence-electron chi connectivity index (χ4n) is 1.86. The maximum absolute atomic E-state index is 11.8. The lowest BCUT2D eigenvalue weighted by molar-refractivity contribution is -0.122. The van der Waals surface area contributed by atoms with Gasteiger partial charge in [0.25, 0.3) is 0 Å². The topological polar surface area (TPSA) is 71.3 Å². The molecule has 0 aliphatic carbocycles. The fourth-order valence-corrected chi connectivity index (χ4v) is 2.61. The maximum atomic E-state index is 11.8. The Labute approximate surface area is 108 Å². The Balaban J connectivity index is 1.63. The molecule has 0 bridgehead atoms. The molecule has 18 heavy (non-hydrogen) atoms. The summed E-state index contributed by atoms with van der Waals surface area (Å²) < 4.78 is 1.75. The number of aryl methyl sites for hydroxylation is 1. The van der Waals surface area contributed by atoms with Gasteiger partial charge in [-0.3, -0.25) is 10.1 Å². The van der Waals surface area contributed by atoms with E-state index in [1.165, 1.54) is 11.3 Å². The second-order valence-corrected chi connectivity index (χ2v) is 5.27. The first-order chi connectivity index (χ1) is 8.72. The quantitative estimate of drug-likeness (QED) is 0.778. The summed E-state index contributed by atoms with van der Waals surface area (Å²) in [5, 5.41) is 11.2. The van der Waals surface area contributed by atoms with Gasteiger partial charge in [-0.15, -0.1) is 0 Å². The second kappa shape index (κ2) is 4.51. The molecular formula is C11H13N5OS. The molecule has 2 aromatic heterocycles. The summed E-state index contributed by atoms with van der Waals surface area (Å²) in [5.74, 6) is -0.0238. The Morgan fingerprint density at radius 2 is 2.61 bits per heavy atom. The Morgan fingerprint density at radius 1 is 1.72 bits per heavy atom. The van der Waals surface area contributed by atoms with Crippen LogP contribution in [0.1, 0.15) is 10.7 Å². The molecule has 2 N–H and O–H groups in total. The van der Waals surface area contributed by atoms with E-state index in [1.807, 2.05) is 25.3 Å². The highest BCUT2D eigenvalue weighted by atomic mass is 32.1. The minimum Gasteiger partial charge on any atom is -0.349 e. The number of carbonyl (C=O) groups excluding carboxylic acids is 1. The molecule has 0 aromatic carbocycles. The van der Waals surface area contributed by atoms with E-state index in [0.29, 0.717) is 6.54 Å². The zero-order valence-corrected chi connectivity index (χ0v) is 10.7. The first kappa shape index (κ1) is 11.4. The predicted octanol–water partition coefficient (Wildman–Crippen LogP) is 0.243. The highest BCUT2D eigenvalue weighted by Crippen LogP contribution is 2.13. The maximum Gasteiger partial charge on any atom is 0.241 e. The van der Waals surface area contributed by atoms with E-state index in [-0.39, 0.29) is 11.9 Å². The molecular weight excluding hydrogens is 250 g/mol. The number of nitrogens with one attached hydrogen (secondary N) is 2. The number of imidazole rings is 1. The first-order valence-electron chi connectivity index (χ1n) is 5.72. The van der Waals surface area contributed by atoms with Gasteiger partial charge in [-0.1, -0.05) is 23.5 Å². The number of amides is 1. The first-order valence-corrected chi connectivity index (χ1v) is 6.53. The van der Waals surface area contributed by atoms with Gasteiger partial charge in [-0.25, -0.2) is 9.50 Å². The van der Waals surface area contributed by atoms with Crippen molar-refractivity contribution in [2.24, 2.45) is 0 Å². The van der Waals surface area contributed by atoms with Crippen LogP contribution in [0.2, 0.25) is 0 Å². The Hall–Kier alpha value is -1.73. The van der Waals surface area contributed by atoms with Crippen molar-refractivity contribution in [3.05, 3.63) is 29.1 Å². The zero-order valence-electron chi connectivity index (χ0n) is 9.88. The molecule has 0 radical (unpaired) electrons. The summed E-state index contributed by atoms with van der Waals surface area (Å²) in [4.78, 5) is 17.0. The molecule has 3 heterocycles. The molecule has 1 aliphatic heterocycles. The summed E-state index contributed by atoms with van der Waals surface area (Å²) in [6, 6.07) is -0.214. The monoisotopic (exact) mass is 263 g/mol. The Bertz CT molecular complexity index is 583. The van der Waals surface area contributed by atoms with Crippen molar-refractivity contribution in [2.75, 3.05) is 6.54 Å². The average molecular weight is 263 g/mol. The number of fused-ring (bicyclic) bond motifs is 1. The van der Waals surface area contributed by atoms with Crippen LogP contribution in [0.5, 0.6) is 0 Å². The fraction of sp³-hybridized carbons (Fsp3) is 0.364. The van der Waals surface area contributed by atoms with Crippen molar-refractivity contribution >= 4 is 22.2 Å². The summed E-state index contributed by atoms with van der Waals surface area (Å²) >= 11 is 1.54. The zero-order chi connectivity index (χ0) is 12.5. The minimum atomic E-state index is -0.214. The predicted molar refractivity (Wildman–Crippen MR) is 68.4 cm³/mol. The van der Waals surface area contributed by atoms with E-state index in [0.717, 1.165) is 22.2 Å².